The van der Waals surface area contributed by atoms with Crippen LogP contribution in [-0.4, -0.2) is 32.2 Å². The zero-order valence-corrected chi connectivity index (χ0v) is 16.1. The van der Waals surface area contributed by atoms with Gasteiger partial charge in [-0.15, -0.1) is 0 Å². The highest BCUT2D eigenvalue weighted by molar-refractivity contribution is 5.96. The van der Waals surface area contributed by atoms with Gasteiger partial charge in [-0.25, -0.2) is 9.67 Å². The summed E-state index contributed by atoms with van der Waals surface area (Å²) in [6.07, 6.45) is 1.60. The molecule has 4 aromatic rings. The van der Waals surface area contributed by atoms with Crippen LogP contribution >= 0.6 is 0 Å². The van der Waals surface area contributed by atoms with E-state index in [0.717, 1.165) is 46.8 Å². The van der Waals surface area contributed by atoms with Crippen molar-refractivity contribution in [3.8, 4) is 5.69 Å². The molecule has 28 heavy (non-hydrogen) atoms. The Hall–Kier alpha value is -3.41. The minimum Gasteiger partial charge on any atom is -0.352 e. The molecular formula is C22H23N5O. The standard InChI is InChI=1S/C22H23N5O/c1-15-21(16(2)27(26-15)17-9-4-3-5-10-17)22(28)23-14-8-13-20-24-18-11-6-7-12-19(18)25-20/h3-7,9-12H,8,13-14H2,1-2H3,(H,23,28)(H,24,25). The normalized spacial score (nSPS) is 11.1. The summed E-state index contributed by atoms with van der Waals surface area (Å²) in [6, 6.07) is 17.8. The molecule has 142 valence electrons. The van der Waals surface area contributed by atoms with Crippen LogP contribution in [0.15, 0.2) is 54.6 Å². The van der Waals surface area contributed by atoms with Crippen LogP contribution in [0, 0.1) is 13.8 Å². The molecule has 2 aromatic carbocycles. The van der Waals surface area contributed by atoms with Gasteiger partial charge < -0.3 is 10.3 Å². The van der Waals surface area contributed by atoms with Crippen molar-refractivity contribution < 1.29 is 4.79 Å². The van der Waals surface area contributed by atoms with E-state index in [0.29, 0.717) is 12.1 Å². The summed E-state index contributed by atoms with van der Waals surface area (Å²) in [5, 5.41) is 7.56. The summed E-state index contributed by atoms with van der Waals surface area (Å²) < 4.78 is 1.82. The van der Waals surface area contributed by atoms with Crippen LogP contribution in [0.1, 0.15) is 34.0 Å². The van der Waals surface area contributed by atoms with Gasteiger partial charge in [0.25, 0.3) is 5.91 Å². The number of aryl methyl sites for hydroxylation is 2. The number of benzene rings is 2. The third-order valence-corrected chi connectivity index (χ3v) is 4.83. The number of aromatic nitrogens is 4. The van der Waals surface area contributed by atoms with E-state index in [2.05, 4.69) is 20.4 Å². The second-order valence-electron chi connectivity index (χ2n) is 6.85. The minimum absolute atomic E-state index is 0.0817. The van der Waals surface area contributed by atoms with Crippen LogP contribution in [-0.2, 0) is 6.42 Å². The molecule has 0 saturated carbocycles. The number of hydrogen-bond donors (Lipinski definition) is 2. The average molecular weight is 373 g/mol. The van der Waals surface area contributed by atoms with Gasteiger partial charge in [-0.05, 0) is 44.5 Å². The third kappa shape index (κ3) is 3.53. The van der Waals surface area contributed by atoms with Crippen molar-refractivity contribution in [1.82, 2.24) is 25.1 Å². The van der Waals surface area contributed by atoms with Gasteiger partial charge >= 0.3 is 0 Å². The van der Waals surface area contributed by atoms with Crippen LogP contribution in [0.3, 0.4) is 0 Å². The number of carbonyl (C=O) groups excluding carboxylic acids is 1. The highest BCUT2D eigenvalue weighted by Crippen LogP contribution is 2.18. The molecule has 0 fully saturated rings. The first-order chi connectivity index (χ1) is 13.6. The first-order valence-corrected chi connectivity index (χ1v) is 9.47. The molecule has 0 saturated heterocycles. The maximum absolute atomic E-state index is 12.7. The smallest absolute Gasteiger partial charge is 0.255 e. The molecule has 2 aromatic heterocycles. The van der Waals surface area contributed by atoms with Gasteiger partial charge in [0.1, 0.15) is 5.82 Å². The zero-order chi connectivity index (χ0) is 19.5. The number of hydrogen-bond acceptors (Lipinski definition) is 3. The summed E-state index contributed by atoms with van der Waals surface area (Å²) in [7, 11) is 0. The Morgan fingerprint density at radius 2 is 1.82 bits per heavy atom. The molecule has 6 nitrogen and oxygen atoms in total. The van der Waals surface area contributed by atoms with Crippen molar-refractivity contribution in [2.75, 3.05) is 6.54 Å². The third-order valence-electron chi connectivity index (χ3n) is 4.83. The van der Waals surface area contributed by atoms with Gasteiger partial charge in [-0.2, -0.15) is 5.10 Å². The monoisotopic (exact) mass is 373 g/mol. The van der Waals surface area contributed by atoms with E-state index in [1.54, 1.807) is 0 Å². The van der Waals surface area contributed by atoms with Crippen molar-refractivity contribution >= 4 is 16.9 Å². The van der Waals surface area contributed by atoms with Crippen LogP contribution in [0.2, 0.25) is 0 Å². The number of fused-ring (bicyclic) bond motifs is 1. The second-order valence-corrected chi connectivity index (χ2v) is 6.85. The lowest BCUT2D eigenvalue weighted by Gasteiger charge is -2.06. The molecule has 0 spiro atoms. The molecule has 0 bridgehead atoms. The first kappa shape index (κ1) is 18.0. The maximum Gasteiger partial charge on any atom is 0.255 e. The highest BCUT2D eigenvalue weighted by atomic mass is 16.1. The van der Waals surface area contributed by atoms with Gasteiger partial charge in [0.15, 0.2) is 0 Å². The molecule has 0 aliphatic carbocycles. The summed E-state index contributed by atoms with van der Waals surface area (Å²) in [5.74, 6) is 0.862. The molecule has 4 rings (SSSR count). The summed E-state index contributed by atoms with van der Waals surface area (Å²) in [6.45, 7) is 4.39. The highest BCUT2D eigenvalue weighted by Gasteiger charge is 2.19. The molecule has 0 atom stereocenters. The fourth-order valence-corrected chi connectivity index (χ4v) is 3.46. The number of nitrogens with zero attached hydrogens (tertiary/aromatic N) is 3. The van der Waals surface area contributed by atoms with Crippen LogP contribution in [0.4, 0.5) is 0 Å². The zero-order valence-electron chi connectivity index (χ0n) is 16.1. The van der Waals surface area contributed by atoms with Gasteiger partial charge in [0.2, 0.25) is 0 Å². The number of H-pyrrole nitrogens is 1. The van der Waals surface area contributed by atoms with E-state index in [1.807, 2.05) is 73.1 Å². The number of carbonyl (C=O) groups is 1. The van der Waals surface area contributed by atoms with E-state index in [1.165, 1.54) is 0 Å². The Morgan fingerprint density at radius 1 is 1.07 bits per heavy atom. The summed E-state index contributed by atoms with van der Waals surface area (Å²) in [5.41, 5.74) is 5.19. The first-order valence-electron chi connectivity index (χ1n) is 9.47. The van der Waals surface area contributed by atoms with Gasteiger partial charge in [0.05, 0.1) is 33.7 Å². The Balaban J connectivity index is 1.38. The minimum atomic E-state index is -0.0817. The number of aromatic amines is 1. The lowest BCUT2D eigenvalue weighted by atomic mass is 10.1. The topological polar surface area (TPSA) is 75.6 Å². The second kappa shape index (κ2) is 7.68. The molecule has 6 heteroatoms. The number of nitrogens with one attached hydrogen (secondary N) is 2. The van der Waals surface area contributed by atoms with Gasteiger partial charge in [-0.1, -0.05) is 30.3 Å². The average Bonchev–Trinajstić information content (AvgIpc) is 3.25. The number of rotatable bonds is 6. The molecule has 2 N–H and O–H groups in total. The quantitative estimate of drug-likeness (QED) is 0.506. The summed E-state index contributed by atoms with van der Waals surface area (Å²) in [4.78, 5) is 20.6. The number of imidazole rings is 1. The van der Waals surface area contributed by atoms with Crippen LogP contribution in [0.5, 0.6) is 0 Å². The Morgan fingerprint density at radius 3 is 2.61 bits per heavy atom. The molecule has 0 aliphatic rings. The van der Waals surface area contributed by atoms with Crippen molar-refractivity contribution in [2.24, 2.45) is 0 Å². The Bertz CT molecular complexity index is 1080. The van der Waals surface area contributed by atoms with Crippen molar-refractivity contribution in [2.45, 2.75) is 26.7 Å². The molecular weight excluding hydrogens is 350 g/mol. The number of amides is 1. The summed E-state index contributed by atoms with van der Waals surface area (Å²) >= 11 is 0. The van der Waals surface area contributed by atoms with Crippen molar-refractivity contribution in [3.05, 3.63) is 77.4 Å². The Labute approximate surface area is 163 Å². The predicted molar refractivity (Wildman–Crippen MR) is 110 cm³/mol. The van der Waals surface area contributed by atoms with Crippen LogP contribution in [0.25, 0.3) is 16.7 Å². The molecule has 2 heterocycles. The predicted octanol–water partition coefficient (Wildman–Crippen LogP) is 3.73. The molecule has 1 amide bonds. The molecule has 0 radical (unpaired) electrons. The SMILES string of the molecule is Cc1nn(-c2ccccc2)c(C)c1C(=O)NCCCc1nc2ccccc2[nH]1. The van der Waals surface area contributed by atoms with Gasteiger partial charge in [-0.3, -0.25) is 4.79 Å². The largest absolute Gasteiger partial charge is 0.352 e. The lowest BCUT2D eigenvalue weighted by Crippen LogP contribution is -2.26. The Kier molecular flexibility index (Phi) is 4.93. The van der Waals surface area contributed by atoms with Crippen molar-refractivity contribution in [3.63, 3.8) is 0 Å². The van der Waals surface area contributed by atoms with E-state index >= 15 is 0 Å². The van der Waals surface area contributed by atoms with E-state index in [-0.39, 0.29) is 5.91 Å². The van der Waals surface area contributed by atoms with Gasteiger partial charge in [0, 0.05) is 13.0 Å². The lowest BCUT2D eigenvalue weighted by molar-refractivity contribution is 0.0952. The molecule has 0 aliphatic heterocycles. The molecule has 0 unspecified atom stereocenters. The van der Waals surface area contributed by atoms with Crippen molar-refractivity contribution in [1.29, 1.82) is 0 Å². The van der Waals surface area contributed by atoms with E-state index in [9.17, 15) is 4.79 Å². The number of para-hydroxylation sites is 3. The fourth-order valence-electron chi connectivity index (χ4n) is 3.46. The van der Waals surface area contributed by atoms with E-state index < -0.39 is 0 Å². The fraction of sp³-hybridized carbons (Fsp3) is 0.227. The van der Waals surface area contributed by atoms with Crippen LogP contribution < -0.4 is 5.32 Å². The van der Waals surface area contributed by atoms with E-state index in [4.69, 9.17) is 0 Å². The maximum atomic E-state index is 12.7.